The average Bonchev–Trinajstić information content (AvgIpc) is 2.69. The summed E-state index contributed by atoms with van der Waals surface area (Å²) in [4.78, 5) is 0.267. The van der Waals surface area contributed by atoms with Crippen LogP contribution in [0, 0.1) is 6.92 Å². The van der Waals surface area contributed by atoms with E-state index in [1.54, 1.807) is 31.4 Å². The number of ether oxygens (including phenoxy) is 1. The van der Waals surface area contributed by atoms with Gasteiger partial charge in [-0.3, -0.25) is 0 Å². The van der Waals surface area contributed by atoms with E-state index in [0.717, 1.165) is 22.4 Å². The van der Waals surface area contributed by atoms with Crippen LogP contribution in [-0.2, 0) is 16.4 Å². The lowest BCUT2D eigenvalue weighted by Gasteiger charge is -2.20. The second-order valence-corrected chi connectivity index (χ2v) is 8.16. The number of methoxy groups -OCH3 is 1. The van der Waals surface area contributed by atoms with Gasteiger partial charge in [-0.2, -0.15) is 0 Å². The minimum Gasteiger partial charge on any atom is -0.497 e. The molecule has 0 radical (unpaired) electrons. The third-order valence-corrected chi connectivity index (χ3v) is 5.92. The fourth-order valence-electron chi connectivity index (χ4n) is 2.88. The molecule has 3 rings (SSSR count). The second-order valence-electron chi connectivity index (χ2n) is 6.45. The largest absolute Gasteiger partial charge is 0.497 e. The fraction of sp³-hybridized carbons (Fsp3) is 0.182. The van der Waals surface area contributed by atoms with Gasteiger partial charge in [-0.15, -0.1) is 0 Å². The van der Waals surface area contributed by atoms with E-state index in [9.17, 15) is 8.42 Å². The van der Waals surface area contributed by atoms with Gasteiger partial charge in [-0.1, -0.05) is 60.2 Å². The maximum Gasteiger partial charge on any atom is 0.241 e. The van der Waals surface area contributed by atoms with Crippen molar-refractivity contribution in [3.63, 3.8) is 0 Å². The summed E-state index contributed by atoms with van der Waals surface area (Å²) in [7, 11) is -2.01. The van der Waals surface area contributed by atoms with Crippen LogP contribution in [-0.4, -0.2) is 15.5 Å². The molecule has 4 nitrogen and oxygen atoms in total. The number of nitrogens with one attached hydrogen (secondary N) is 1. The highest BCUT2D eigenvalue weighted by atomic mass is 32.2. The van der Waals surface area contributed by atoms with Gasteiger partial charge in [0, 0.05) is 0 Å². The van der Waals surface area contributed by atoms with Crippen LogP contribution in [0.2, 0.25) is 0 Å². The van der Waals surface area contributed by atoms with Gasteiger partial charge in [0.2, 0.25) is 10.0 Å². The summed E-state index contributed by atoms with van der Waals surface area (Å²) in [6, 6.07) is 23.8. The van der Waals surface area contributed by atoms with Crippen molar-refractivity contribution in [1.29, 1.82) is 0 Å². The molecule has 0 aliphatic carbocycles. The molecule has 5 heteroatoms. The molecular formula is C22H23NO3S. The van der Waals surface area contributed by atoms with E-state index in [4.69, 9.17) is 4.74 Å². The van der Waals surface area contributed by atoms with Crippen molar-refractivity contribution >= 4 is 10.0 Å². The van der Waals surface area contributed by atoms with Crippen molar-refractivity contribution in [2.75, 3.05) is 7.11 Å². The monoisotopic (exact) mass is 381 g/mol. The zero-order valence-electron chi connectivity index (χ0n) is 15.4. The van der Waals surface area contributed by atoms with Gasteiger partial charge in [0.15, 0.2) is 0 Å². The van der Waals surface area contributed by atoms with Gasteiger partial charge in [-0.25, -0.2) is 13.1 Å². The third-order valence-electron chi connectivity index (χ3n) is 4.43. The summed E-state index contributed by atoms with van der Waals surface area (Å²) in [5.41, 5.74) is 2.96. The van der Waals surface area contributed by atoms with Crippen LogP contribution in [0.1, 0.15) is 22.7 Å². The Morgan fingerprint density at radius 1 is 0.889 bits per heavy atom. The number of hydrogen-bond acceptors (Lipinski definition) is 3. The first-order valence-electron chi connectivity index (χ1n) is 8.75. The fourth-order valence-corrected chi connectivity index (χ4v) is 4.11. The summed E-state index contributed by atoms with van der Waals surface area (Å²) in [6.07, 6.45) is 0.541. The molecule has 1 atom stereocenters. The lowest BCUT2D eigenvalue weighted by Crippen LogP contribution is -2.30. The van der Waals surface area contributed by atoms with E-state index < -0.39 is 10.0 Å². The summed E-state index contributed by atoms with van der Waals surface area (Å²) in [5.74, 6) is 0.773. The van der Waals surface area contributed by atoms with E-state index in [2.05, 4.69) is 4.72 Å². The predicted octanol–water partition coefficient (Wildman–Crippen LogP) is 4.27. The maximum absolute atomic E-state index is 12.9. The number of benzene rings is 3. The number of rotatable bonds is 7. The quantitative estimate of drug-likeness (QED) is 0.665. The highest BCUT2D eigenvalue weighted by Crippen LogP contribution is 2.23. The van der Waals surface area contributed by atoms with Gasteiger partial charge in [0.05, 0.1) is 18.0 Å². The number of hydrogen-bond donors (Lipinski definition) is 1. The Bertz CT molecular complexity index is 966. The van der Waals surface area contributed by atoms with Gasteiger partial charge < -0.3 is 4.74 Å². The van der Waals surface area contributed by atoms with Crippen LogP contribution in [0.15, 0.2) is 83.8 Å². The van der Waals surface area contributed by atoms with Crippen LogP contribution >= 0.6 is 0 Å². The summed E-state index contributed by atoms with van der Waals surface area (Å²) in [6.45, 7) is 1.93. The van der Waals surface area contributed by atoms with E-state index >= 15 is 0 Å². The molecule has 3 aromatic carbocycles. The topological polar surface area (TPSA) is 55.4 Å². The Hall–Kier alpha value is -2.63. The Kier molecular flexibility index (Phi) is 5.94. The van der Waals surface area contributed by atoms with Gasteiger partial charge in [-0.05, 0) is 48.7 Å². The van der Waals surface area contributed by atoms with Crippen LogP contribution < -0.4 is 9.46 Å². The highest BCUT2D eigenvalue weighted by Gasteiger charge is 2.21. The second kappa shape index (κ2) is 8.37. The lowest BCUT2D eigenvalue weighted by atomic mass is 10.00. The molecule has 0 bridgehead atoms. The normalized spacial score (nSPS) is 12.5. The van der Waals surface area contributed by atoms with Crippen molar-refractivity contribution in [3.05, 3.63) is 95.6 Å². The molecule has 0 saturated carbocycles. The molecule has 0 amide bonds. The first kappa shape index (κ1) is 19.1. The van der Waals surface area contributed by atoms with Crippen molar-refractivity contribution < 1.29 is 13.2 Å². The standard InChI is InChI=1S/C22H23NO3S/c1-17-8-14-21(15-9-17)27(24,25)23-22(19-6-4-3-5-7-19)16-18-10-12-20(26-2)13-11-18/h3-15,22-23H,16H2,1-2H3. The van der Waals surface area contributed by atoms with Crippen LogP contribution in [0.25, 0.3) is 0 Å². The Morgan fingerprint density at radius 3 is 2.11 bits per heavy atom. The molecule has 0 aliphatic heterocycles. The molecule has 140 valence electrons. The van der Waals surface area contributed by atoms with E-state index in [1.807, 2.05) is 61.5 Å². The molecule has 1 unspecified atom stereocenters. The minimum atomic E-state index is -3.63. The molecule has 3 aromatic rings. The Morgan fingerprint density at radius 2 is 1.52 bits per heavy atom. The van der Waals surface area contributed by atoms with Crippen molar-refractivity contribution in [2.24, 2.45) is 0 Å². The van der Waals surface area contributed by atoms with E-state index in [0.29, 0.717) is 6.42 Å². The molecule has 27 heavy (non-hydrogen) atoms. The van der Waals surface area contributed by atoms with E-state index in [-0.39, 0.29) is 10.9 Å². The molecule has 0 fully saturated rings. The van der Waals surface area contributed by atoms with Gasteiger partial charge in [0.1, 0.15) is 5.75 Å². The first-order chi connectivity index (χ1) is 13.0. The van der Waals surface area contributed by atoms with Crippen LogP contribution in [0.5, 0.6) is 5.75 Å². The SMILES string of the molecule is COc1ccc(CC(NS(=O)(=O)c2ccc(C)cc2)c2ccccc2)cc1. The maximum atomic E-state index is 12.9. The van der Waals surface area contributed by atoms with Crippen LogP contribution in [0.3, 0.4) is 0 Å². The molecule has 0 aliphatic rings. The smallest absolute Gasteiger partial charge is 0.241 e. The number of sulfonamides is 1. The molecule has 1 N–H and O–H groups in total. The number of aryl methyl sites for hydroxylation is 1. The Labute approximate surface area is 160 Å². The summed E-state index contributed by atoms with van der Waals surface area (Å²) >= 11 is 0. The lowest BCUT2D eigenvalue weighted by molar-refractivity contribution is 0.414. The molecular weight excluding hydrogens is 358 g/mol. The zero-order chi connectivity index (χ0) is 19.3. The van der Waals surface area contributed by atoms with Crippen molar-refractivity contribution in [1.82, 2.24) is 4.72 Å². The molecule has 0 heterocycles. The summed E-state index contributed by atoms with van der Waals surface area (Å²) in [5, 5.41) is 0. The van der Waals surface area contributed by atoms with Gasteiger partial charge >= 0.3 is 0 Å². The van der Waals surface area contributed by atoms with Crippen molar-refractivity contribution in [3.8, 4) is 5.75 Å². The zero-order valence-corrected chi connectivity index (χ0v) is 16.2. The van der Waals surface area contributed by atoms with Gasteiger partial charge in [0.25, 0.3) is 0 Å². The molecule has 0 aromatic heterocycles. The summed E-state index contributed by atoms with van der Waals surface area (Å²) < 4.78 is 33.8. The average molecular weight is 381 g/mol. The predicted molar refractivity (Wildman–Crippen MR) is 107 cm³/mol. The first-order valence-corrected chi connectivity index (χ1v) is 10.2. The third kappa shape index (κ3) is 4.96. The van der Waals surface area contributed by atoms with Crippen LogP contribution in [0.4, 0.5) is 0 Å². The molecule has 0 spiro atoms. The Balaban J connectivity index is 1.88. The van der Waals surface area contributed by atoms with E-state index in [1.165, 1.54) is 0 Å². The highest BCUT2D eigenvalue weighted by molar-refractivity contribution is 7.89. The minimum absolute atomic E-state index is 0.267. The molecule has 0 saturated heterocycles. The van der Waals surface area contributed by atoms with Crippen molar-refractivity contribution in [2.45, 2.75) is 24.3 Å².